The first-order valence-corrected chi connectivity index (χ1v) is 11.1. The van der Waals surface area contributed by atoms with Gasteiger partial charge >= 0.3 is 0 Å². The number of phenols is 1. The van der Waals surface area contributed by atoms with Gasteiger partial charge < -0.3 is 9.84 Å². The molecule has 0 aliphatic rings. The van der Waals surface area contributed by atoms with Crippen LogP contribution < -0.4 is 4.74 Å². The zero-order valence-electron chi connectivity index (χ0n) is 15.7. The van der Waals surface area contributed by atoms with E-state index in [9.17, 15) is 5.11 Å². The van der Waals surface area contributed by atoms with E-state index in [1.165, 1.54) is 11.1 Å². The van der Waals surface area contributed by atoms with Crippen LogP contribution in [0.5, 0.6) is 11.5 Å². The second kappa shape index (κ2) is 9.94. The van der Waals surface area contributed by atoms with E-state index in [1.807, 2.05) is 24.3 Å². The van der Waals surface area contributed by atoms with Gasteiger partial charge in [-0.3, -0.25) is 0 Å². The quantitative estimate of drug-likeness (QED) is 0.272. The molecule has 0 aliphatic heterocycles. The second-order valence-corrected chi connectivity index (χ2v) is 7.95. The molecule has 0 radical (unpaired) electrons. The van der Waals surface area contributed by atoms with Gasteiger partial charge in [0, 0.05) is 5.33 Å². The van der Waals surface area contributed by atoms with E-state index in [1.54, 1.807) is 12.1 Å². The Morgan fingerprint density at radius 3 is 2.18 bits per heavy atom. The lowest BCUT2D eigenvalue weighted by Crippen LogP contribution is -1.99. The zero-order chi connectivity index (χ0) is 19.9. The molecule has 3 rings (SSSR count). The van der Waals surface area contributed by atoms with Crippen LogP contribution in [0.3, 0.4) is 0 Å². The molecule has 28 heavy (non-hydrogen) atoms. The Bertz CT molecular complexity index is 948. The minimum absolute atomic E-state index is 0.264. The summed E-state index contributed by atoms with van der Waals surface area (Å²) in [6, 6.07) is 24.0. The predicted octanol–water partition coefficient (Wildman–Crippen LogP) is 7.30. The molecule has 144 valence electrons. The lowest BCUT2D eigenvalue weighted by molar-refractivity contribution is 0.343. The van der Waals surface area contributed by atoms with E-state index >= 15 is 0 Å². The van der Waals surface area contributed by atoms with Crippen LogP contribution in [-0.2, 0) is 0 Å². The van der Waals surface area contributed by atoms with Gasteiger partial charge in [0.1, 0.15) is 11.5 Å². The number of ether oxygens (including phenoxy) is 1. The van der Waals surface area contributed by atoms with Crippen LogP contribution in [0.4, 0.5) is 0 Å². The van der Waals surface area contributed by atoms with Crippen LogP contribution in [0.25, 0.3) is 11.1 Å². The van der Waals surface area contributed by atoms with Crippen molar-refractivity contribution in [1.29, 1.82) is 0 Å². The highest BCUT2D eigenvalue weighted by atomic mass is 79.9. The molecule has 3 aromatic rings. The molecule has 3 aromatic carbocycles. The minimum Gasteiger partial charge on any atom is -0.508 e. The Balaban J connectivity index is 2.18. The number of aromatic hydroxyl groups is 1. The van der Waals surface area contributed by atoms with Crippen LogP contribution >= 0.6 is 31.9 Å². The largest absolute Gasteiger partial charge is 0.508 e. The number of phenolic OH excluding ortho intramolecular Hbond substituents is 1. The van der Waals surface area contributed by atoms with Crippen molar-refractivity contribution >= 4 is 43.0 Å². The number of halogens is 2. The third-order valence-electron chi connectivity index (χ3n) is 4.49. The summed E-state index contributed by atoms with van der Waals surface area (Å²) < 4.78 is 6.69. The maximum atomic E-state index is 9.74. The summed E-state index contributed by atoms with van der Waals surface area (Å²) in [6.45, 7) is 2.79. The summed E-state index contributed by atoms with van der Waals surface area (Å²) in [6.07, 6.45) is 0.889. The van der Waals surface area contributed by atoms with Gasteiger partial charge in [-0.05, 0) is 74.5 Å². The third-order valence-corrected chi connectivity index (χ3v) is 5.43. The molecule has 0 aliphatic carbocycles. The van der Waals surface area contributed by atoms with Crippen molar-refractivity contribution in [3.63, 3.8) is 0 Å². The predicted molar refractivity (Wildman–Crippen MR) is 124 cm³/mol. The summed E-state index contributed by atoms with van der Waals surface area (Å²) in [5.41, 5.74) is 5.78. The molecule has 0 saturated heterocycles. The maximum Gasteiger partial charge on any atom is 0.133 e. The van der Waals surface area contributed by atoms with Crippen LogP contribution in [0.15, 0.2) is 77.3 Å². The lowest BCUT2D eigenvalue weighted by Gasteiger charge is -2.17. The molecule has 0 amide bonds. The van der Waals surface area contributed by atoms with Crippen molar-refractivity contribution in [1.82, 2.24) is 0 Å². The van der Waals surface area contributed by atoms with Gasteiger partial charge in [-0.2, -0.15) is 0 Å². The summed E-state index contributed by atoms with van der Waals surface area (Å²) in [5, 5.41) is 10.5. The van der Waals surface area contributed by atoms with Gasteiger partial charge in [0.15, 0.2) is 0 Å². The molecule has 2 nitrogen and oxygen atoms in total. The summed E-state index contributed by atoms with van der Waals surface area (Å²) in [7, 11) is 0. The highest BCUT2D eigenvalue weighted by Crippen LogP contribution is 2.37. The number of benzene rings is 3. The van der Waals surface area contributed by atoms with E-state index in [4.69, 9.17) is 4.74 Å². The van der Waals surface area contributed by atoms with Crippen LogP contribution in [0.1, 0.15) is 30.0 Å². The van der Waals surface area contributed by atoms with Crippen LogP contribution in [0.2, 0.25) is 0 Å². The molecular weight excluding hydrogens is 480 g/mol. The number of hydrogen-bond donors (Lipinski definition) is 1. The molecule has 4 heteroatoms. The van der Waals surface area contributed by atoms with Crippen LogP contribution in [-0.4, -0.2) is 17.0 Å². The molecule has 0 atom stereocenters. The minimum atomic E-state index is 0.264. The first kappa shape index (κ1) is 20.7. The van der Waals surface area contributed by atoms with Gasteiger partial charge in [0.05, 0.1) is 11.1 Å². The Hall–Kier alpha value is -2.04. The lowest BCUT2D eigenvalue weighted by atomic mass is 9.88. The van der Waals surface area contributed by atoms with Gasteiger partial charge in [-0.25, -0.2) is 0 Å². The monoisotopic (exact) mass is 500 g/mol. The van der Waals surface area contributed by atoms with E-state index < -0.39 is 0 Å². The van der Waals surface area contributed by atoms with E-state index in [0.717, 1.165) is 38.7 Å². The average molecular weight is 502 g/mol. The number of hydrogen-bond acceptors (Lipinski definition) is 2. The fourth-order valence-electron chi connectivity index (χ4n) is 3.23. The first-order chi connectivity index (χ1) is 13.6. The van der Waals surface area contributed by atoms with Crippen molar-refractivity contribution in [2.75, 3.05) is 11.9 Å². The van der Waals surface area contributed by atoms with E-state index in [2.05, 4.69) is 75.2 Å². The Morgan fingerprint density at radius 1 is 0.893 bits per heavy atom. The Kier molecular flexibility index (Phi) is 7.35. The van der Waals surface area contributed by atoms with Crippen LogP contribution in [0, 0.1) is 0 Å². The smallest absolute Gasteiger partial charge is 0.133 e. The van der Waals surface area contributed by atoms with Gasteiger partial charge in [-0.1, -0.05) is 71.4 Å². The van der Waals surface area contributed by atoms with Gasteiger partial charge in [-0.15, -0.1) is 0 Å². The molecule has 0 aromatic heterocycles. The topological polar surface area (TPSA) is 29.5 Å². The zero-order valence-corrected chi connectivity index (χ0v) is 18.8. The fraction of sp³-hybridized carbons (Fsp3) is 0.167. The summed E-state index contributed by atoms with van der Waals surface area (Å²) in [5.74, 6) is 1.09. The van der Waals surface area contributed by atoms with Crippen molar-refractivity contribution in [2.45, 2.75) is 13.3 Å². The molecule has 0 fully saturated rings. The maximum absolute atomic E-state index is 9.74. The Labute approximate surface area is 183 Å². The molecule has 0 heterocycles. The molecule has 1 N–H and O–H groups in total. The molecular formula is C24H22Br2O2. The van der Waals surface area contributed by atoms with E-state index in [-0.39, 0.29) is 5.75 Å². The summed E-state index contributed by atoms with van der Waals surface area (Å²) in [4.78, 5) is 0. The highest BCUT2D eigenvalue weighted by Gasteiger charge is 2.15. The van der Waals surface area contributed by atoms with Crippen molar-refractivity contribution in [3.05, 3.63) is 94.0 Å². The second-order valence-electron chi connectivity index (χ2n) is 6.30. The van der Waals surface area contributed by atoms with Crippen molar-refractivity contribution in [2.24, 2.45) is 0 Å². The van der Waals surface area contributed by atoms with Gasteiger partial charge in [0.2, 0.25) is 0 Å². The SMILES string of the molecule is CC/C(=C(/c1ccc(O)cc1)c1ccc(OCCBr)c(Br)c1)c1ccccc1. The van der Waals surface area contributed by atoms with Crippen molar-refractivity contribution < 1.29 is 9.84 Å². The molecule has 0 unspecified atom stereocenters. The molecule has 0 bridgehead atoms. The van der Waals surface area contributed by atoms with Crippen molar-refractivity contribution in [3.8, 4) is 11.5 Å². The summed E-state index contributed by atoms with van der Waals surface area (Å²) >= 11 is 7.05. The van der Waals surface area contributed by atoms with Gasteiger partial charge in [0.25, 0.3) is 0 Å². The number of allylic oxidation sites excluding steroid dienone is 1. The molecule has 0 spiro atoms. The first-order valence-electron chi connectivity index (χ1n) is 9.20. The Morgan fingerprint density at radius 2 is 1.57 bits per heavy atom. The van der Waals surface area contributed by atoms with E-state index in [0.29, 0.717) is 6.61 Å². The standard InChI is InChI=1S/C24H22Br2O2/c1-2-21(17-6-4-3-5-7-17)24(18-8-11-20(27)12-9-18)19-10-13-23(22(26)16-19)28-15-14-25/h3-13,16,27H,2,14-15H2,1H3/b24-21+. The fourth-order valence-corrected chi connectivity index (χ4v) is 3.88. The molecule has 0 saturated carbocycles. The third kappa shape index (κ3) is 4.86. The number of alkyl halides is 1. The highest BCUT2D eigenvalue weighted by molar-refractivity contribution is 9.10. The normalized spacial score (nSPS) is 11.8. The number of rotatable bonds is 7. The average Bonchev–Trinajstić information content (AvgIpc) is 2.72.